The number of amides is 1. The molecule has 0 bridgehead atoms. The highest BCUT2D eigenvalue weighted by molar-refractivity contribution is 7.12. The van der Waals surface area contributed by atoms with Crippen molar-refractivity contribution in [1.29, 1.82) is 0 Å². The van der Waals surface area contributed by atoms with Gasteiger partial charge in [-0.15, -0.1) is 11.3 Å². The van der Waals surface area contributed by atoms with Gasteiger partial charge in [-0.3, -0.25) is 4.79 Å². The Hall–Kier alpha value is -1.03. The first-order valence-corrected chi connectivity index (χ1v) is 4.18. The predicted octanol–water partition coefficient (Wildman–Crippen LogP) is 1.20. The average molecular weight is 171 g/mol. The van der Waals surface area contributed by atoms with E-state index in [2.05, 4.69) is 5.32 Å². The molecule has 0 saturated heterocycles. The van der Waals surface area contributed by atoms with Crippen LogP contribution < -0.4 is 5.32 Å². The molecule has 0 unspecified atom stereocenters. The first-order chi connectivity index (χ1) is 5.25. The van der Waals surface area contributed by atoms with Gasteiger partial charge >= 0.3 is 0 Å². The van der Waals surface area contributed by atoms with Crippen LogP contribution in [0.1, 0.15) is 17.3 Å². The number of hydrogen-bond acceptors (Lipinski definition) is 3. The Morgan fingerprint density at radius 2 is 2.55 bits per heavy atom. The molecule has 0 fully saturated rings. The minimum atomic E-state index is -0.216. The molecule has 1 aromatic rings. The van der Waals surface area contributed by atoms with Crippen molar-refractivity contribution in [3.8, 4) is 5.06 Å². The lowest BCUT2D eigenvalue weighted by molar-refractivity contribution is 0.0954. The monoisotopic (exact) mass is 171 g/mol. The molecule has 3 nitrogen and oxygen atoms in total. The van der Waals surface area contributed by atoms with Crippen LogP contribution in [0.4, 0.5) is 0 Å². The molecule has 0 radical (unpaired) electrons. The first-order valence-electron chi connectivity index (χ1n) is 3.30. The number of carbonyl (C=O) groups excluding carboxylic acids is 1. The van der Waals surface area contributed by atoms with E-state index in [9.17, 15) is 4.79 Å². The minimum absolute atomic E-state index is 0.0796. The maximum atomic E-state index is 11.1. The van der Waals surface area contributed by atoms with Crippen molar-refractivity contribution in [3.05, 3.63) is 17.0 Å². The van der Waals surface area contributed by atoms with Crippen LogP contribution in [0, 0.1) is 0 Å². The number of thiophene rings is 1. The van der Waals surface area contributed by atoms with Crippen molar-refractivity contribution < 1.29 is 9.90 Å². The number of carbonyl (C=O) groups is 1. The van der Waals surface area contributed by atoms with Crippen LogP contribution in [-0.2, 0) is 0 Å². The fourth-order valence-electron chi connectivity index (χ4n) is 0.730. The third-order valence-corrected chi connectivity index (χ3v) is 1.94. The van der Waals surface area contributed by atoms with Crippen molar-refractivity contribution in [2.24, 2.45) is 0 Å². The van der Waals surface area contributed by atoms with Gasteiger partial charge in [0, 0.05) is 6.54 Å². The maximum absolute atomic E-state index is 11.1. The SMILES string of the molecule is CCNC(=O)c1ccsc1O. The zero-order valence-electron chi connectivity index (χ0n) is 6.13. The van der Waals surface area contributed by atoms with Gasteiger partial charge in [0.1, 0.15) is 0 Å². The molecular formula is C7H9NO2S. The van der Waals surface area contributed by atoms with Crippen molar-refractivity contribution in [3.63, 3.8) is 0 Å². The molecule has 60 valence electrons. The highest BCUT2D eigenvalue weighted by Gasteiger charge is 2.09. The number of rotatable bonds is 2. The van der Waals surface area contributed by atoms with Gasteiger partial charge in [0.25, 0.3) is 5.91 Å². The van der Waals surface area contributed by atoms with Crippen molar-refractivity contribution in [2.75, 3.05) is 6.54 Å². The molecule has 4 heteroatoms. The zero-order valence-corrected chi connectivity index (χ0v) is 6.94. The summed E-state index contributed by atoms with van der Waals surface area (Å²) in [7, 11) is 0. The van der Waals surface area contributed by atoms with Gasteiger partial charge in [-0.1, -0.05) is 0 Å². The van der Waals surface area contributed by atoms with Gasteiger partial charge in [-0.25, -0.2) is 0 Å². The lowest BCUT2D eigenvalue weighted by atomic mass is 10.3. The first kappa shape index (κ1) is 8.07. The molecule has 0 spiro atoms. The van der Waals surface area contributed by atoms with E-state index in [0.717, 1.165) is 11.3 Å². The summed E-state index contributed by atoms with van der Waals surface area (Å²) in [6, 6.07) is 1.60. The summed E-state index contributed by atoms with van der Waals surface area (Å²) in [6.07, 6.45) is 0. The molecule has 0 saturated carbocycles. The lowest BCUT2D eigenvalue weighted by Gasteiger charge is -1.98. The van der Waals surface area contributed by atoms with E-state index in [-0.39, 0.29) is 11.0 Å². The lowest BCUT2D eigenvalue weighted by Crippen LogP contribution is -2.21. The van der Waals surface area contributed by atoms with Crippen molar-refractivity contribution in [1.82, 2.24) is 5.32 Å². The second-order valence-corrected chi connectivity index (χ2v) is 2.89. The van der Waals surface area contributed by atoms with Crippen LogP contribution in [-0.4, -0.2) is 17.6 Å². The Labute approximate surface area is 68.7 Å². The molecule has 1 rings (SSSR count). The van der Waals surface area contributed by atoms with Gasteiger partial charge in [0.15, 0.2) is 5.06 Å². The van der Waals surface area contributed by atoms with Crippen LogP contribution in [0.15, 0.2) is 11.4 Å². The normalized spacial score (nSPS) is 9.55. The molecular weight excluding hydrogens is 162 g/mol. The third kappa shape index (κ3) is 1.71. The molecule has 0 aliphatic carbocycles. The van der Waals surface area contributed by atoms with Crippen molar-refractivity contribution >= 4 is 17.2 Å². The van der Waals surface area contributed by atoms with E-state index in [4.69, 9.17) is 5.11 Å². The van der Waals surface area contributed by atoms with Crippen LogP contribution in [0.25, 0.3) is 0 Å². The molecule has 0 atom stereocenters. The topological polar surface area (TPSA) is 49.3 Å². The fraction of sp³-hybridized carbons (Fsp3) is 0.286. The minimum Gasteiger partial charge on any atom is -0.499 e. The average Bonchev–Trinajstić information content (AvgIpc) is 2.36. The number of hydrogen-bond donors (Lipinski definition) is 2. The molecule has 1 amide bonds. The molecule has 0 aromatic carbocycles. The molecule has 1 heterocycles. The second kappa shape index (κ2) is 3.39. The summed E-state index contributed by atoms with van der Waals surface area (Å²) >= 11 is 1.15. The highest BCUT2D eigenvalue weighted by atomic mass is 32.1. The summed E-state index contributed by atoms with van der Waals surface area (Å²) in [4.78, 5) is 11.1. The van der Waals surface area contributed by atoms with E-state index in [1.165, 1.54) is 0 Å². The third-order valence-electron chi connectivity index (χ3n) is 1.23. The summed E-state index contributed by atoms with van der Waals surface area (Å²) in [6.45, 7) is 2.41. The van der Waals surface area contributed by atoms with Crippen LogP contribution in [0.5, 0.6) is 5.06 Å². The Kier molecular flexibility index (Phi) is 2.48. The fourth-order valence-corrected chi connectivity index (χ4v) is 1.35. The number of nitrogens with one attached hydrogen (secondary N) is 1. The van der Waals surface area contributed by atoms with Gasteiger partial charge in [-0.2, -0.15) is 0 Å². The number of aromatic hydroxyl groups is 1. The Balaban J connectivity index is 2.76. The largest absolute Gasteiger partial charge is 0.499 e. The zero-order chi connectivity index (χ0) is 8.27. The van der Waals surface area contributed by atoms with Gasteiger partial charge in [-0.05, 0) is 18.4 Å². The Morgan fingerprint density at radius 3 is 3.00 bits per heavy atom. The molecule has 2 N–H and O–H groups in total. The van der Waals surface area contributed by atoms with Crippen molar-refractivity contribution in [2.45, 2.75) is 6.92 Å². The van der Waals surface area contributed by atoms with Gasteiger partial charge in [0.05, 0.1) is 5.56 Å². The second-order valence-electron chi connectivity index (χ2n) is 2.00. The van der Waals surface area contributed by atoms with E-state index in [0.29, 0.717) is 12.1 Å². The maximum Gasteiger partial charge on any atom is 0.255 e. The van der Waals surface area contributed by atoms with Crippen LogP contribution in [0.3, 0.4) is 0 Å². The smallest absolute Gasteiger partial charge is 0.255 e. The predicted molar refractivity (Wildman–Crippen MR) is 44.0 cm³/mol. The van der Waals surface area contributed by atoms with Gasteiger partial charge in [0.2, 0.25) is 0 Å². The Bertz CT molecular complexity index is 257. The standard InChI is InChI=1S/C7H9NO2S/c1-2-8-6(9)5-3-4-11-7(5)10/h3-4,10H,2H2,1H3,(H,8,9). The highest BCUT2D eigenvalue weighted by Crippen LogP contribution is 2.23. The van der Waals surface area contributed by atoms with E-state index in [1.54, 1.807) is 11.4 Å². The van der Waals surface area contributed by atoms with E-state index < -0.39 is 0 Å². The van der Waals surface area contributed by atoms with E-state index >= 15 is 0 Å². The molecule has 0 aliphatic heterocycles. The summed E-state index contributed by atoms with van der Waals surface area (Å²) < 4.78 is 0. The van der Waals surface area contributed by atoms with Gasteiger partial charge < -0.3 is 10.4 Å². The van der Waals surface area contributed by atoms with Crippen LogP contribution in [0.2, 0.25) is 0 Å². The quantitative estimate of drug-likeness (QED) is 0.702. The van der Waals surface area contributed by atoms with E-state index in [1.807, 2.05) is 6.92 Å². The molecule has 0 aliphatic rings. The molecule has 1 aromatic heterocycles. The summed E-state index contributed by atoms with van der Waals surface area (Å²) in [5.41, 5.74) is 0.358. The van der Waals surface area contributed by atoms with Crippen LogP contribution >= 0.6 is 11.3 Å². The summed E-state index contributed by atoms with van der Waals surface area (Å²) in [5.74, 6) is -0.216. The summed E-state index contributed by atoms with van der Waals surface area (Å²) in [5, 5.41) is 13.5. The Morgan fingerprint density at radius 1 is 1.82 bits per heavy atom. The molecule has 11 heavy (non-hydrogen) atoms.